The van der Waals surface area contributed by atoms with Crippen molar-refractivity contribution in [1.29, 1.82) is 0 Å². The SMILES string of the molecule is CN(C)S(=O)(=O)c1cccc(C(=O)O[C@@H](C(=O)c2ccccc2)c2ccccc2)c1. The lowest BCUT2D eigenvalue weighted by molar-refractivity contribution is 0.0280. The van der Waals surface area contributed by atoms with Crippen LogP contribution in [-0.2, 0) is 14.8 Å². The Hall–Kier alpha value is -3.29. The van der Waals surface area contributed by atoms with Crippen LogP contribution in [0.2, 0.25) is 0 Å². The van der Waals surface area contributed by atoms with E-state index in [0.717, 1.165) is 4.31 Å². The Morgan fingerprint density at radius 1 is 0.800 bits per heavy atom. The molecule has 0 saturated carbocycles. The lowest BCUT2D eigenvalue weighted by Crippen LogP contribution is -2.23. The van der Waals surface area contributed by atoms with Crippen LogP contribution in [0.15, 0.2) is 89.8 Å². The fraction of sp³-hybridized carbons (Fsp3) is 0.130. The second-order valence-corrected chi connectivity index (χ2v) is 8.89. The monoisotopic (exact) mass is 423 g/mol. The van der Waals surface area contributed by atoms with E-state index in [9.17, 15) is 18.0 Å². The molecule has 0 aliphatic carbocycles. The minimum absolute atomic E-state index is 0.0346. The average molecular weight is 423 g/mol. The normalized spacial score (nSPS) is 12.4. The third-order valence-electron chi connectivity index (χ3n) is 4.47. The minimum atomic E-state index is -3.71. The van der Waals surface area contributed by atoms with E-state index in [1.54, 1.807) is 60.7 Å². The molecule has 0 N–H and O–H groups in total. The summed E-state index contributed by atoms with van der Waals surface area (Å²) in [5.41, 5.74) is 0.972. The zero-order valence-electron chi connectivity index (χ0n) is 16.6. The van der Waals surface area contributed by atoms with Crippen LogP contribution >= 0.6 is 0 Å². The highest BCUT2D eigenvalue weighted by molar-refractivity contribution is 7.89. The van der Waals surface area contributed by atoms with Gasteiger partial charge in [-0.15, -0.1) is 0 Å². The molecule has 0 bridgehead atoms. The number of sulfonamides is 1. The second kappa shape index (κ2) is 9.02. The van der Waals surface area contributed by atoms with Crippen molar-refractivity contribution in [2.45, 2.75) is 11.0 Å². The van der Waals surface area contributed by atoms with Gasteiger partial charge in [-0.1, -0.05) is 66.7 Å². The lowest BCUT2D eigenvalue weighted by atomic mass is 10.00. The fourth-order valence-corrected chi connectivity index (χ4v) is 3.77. The maximum atomic E-state index is 13.0. The quantitative estimate of drug-likeness (QED) is 0.427. The van der Waals surface area contributed by atoms with E-state index in [-0.39, 0.29) is 16.2 Å². The Bertz CT molecular complexity index is 1140. The molecular formula is C23H21NO5S. The minimum Gasteiger partial charge on any atom is -0.445 e. The molecule has 0 spiro atoms. The Kier molecular flexibility index (Phi) is 6.44. The van der Waals surface area contributed by atoms with E-state index in [2.05, 4.69) is 0 Å². The number of esters is 1. The molecule has 0 aromatic heterocycles. The molecule has 30 heavy (non-hydrogen) atoms. The number of nitrogens with zero attached hydrogens (tertiary/aromatic N) is 1. The van der Waals surface area contributed by atoms with Gasteiger partial charge in [-0.2, -0.15) is 0 Å². The van der Waals surface area contributed by atoms with E-state index >= 15 is 0 Å². The van der Waals surface area contributed by atoms with E-state index < -0.39 is 22.1 Å². The van der Waals surface area contributed by atoms with Gasteiger partial charge in [0.2, 0.25) is 15.8 Å². The van der Waals surface area contributed by atoms with Gasteiger partial charge in [0, 0.05) is 25.2 Å². The van der Waals surface area contributed by atoms with Gasteiger partial charge in [0.1, 0.15) is 0 Å². The van der Waals surface area contributed by atoms with Gasteiger partial charge < -0.3 is 4.74 Å². The van der Waals surface area contributed by atoms with Crippen LogP contribution in [0.25, 0.3) is 0 Å². The second-order valence-electron chi connectivity index (χ2n) is 6.74. The molecule has 3 aromatic carbocycles. The van der Waals surface area contributed by atoms with Crippen LogP contribution in [0.5, 0.6) is 0 Å². The van der Waals surface area contributed by atoms with Crippen LogP contribution in [-0.4, -0.2) is 38.6 Å². The van der Waals surface area contributed by atoms with Gasteiger partial charge in [0.15, 0.2) is 6.10 Å². The molecule has 0 amide bonds. The molecule has 3 aromatic rings. The number of hydrogen-bond acceptors (Lipinski definition) is 5. The van der Waals surface area contributed by atoms with Crippen molar-refractivity contribution in [3.63, 3.8) is 0 Å². The van der Waals surface area contributed by atoms with Gasteiger partial charge in [0.05, 0.1) is 10.5 Å². The molecule has 0 unspecified atom stereocenters. The van der Waals surface area contributed by atoms with Crippen LogP contribution in [0.1, 0.15) is 32.4 Å². The summed E-state index contributed by atoms with van der Waals surface area (Å²) in [5.74, 6) is -1.16. The Morgan fingerprint density at radius 3 is 1.97 bits per heavy atom. The van der Waals surface area contributed by atoms with E-state index in [1.165, 1.54) is 38.4 Å². The lowest BCUT2D eigenvalue weighted by Gasteiger charge is -2.18. The highest BCUT2D eigenvalue weighted by atomic mass is 32.2. The van der Waals surface area contributed by atoms with Crippen molar-refractivity contribution in [1.82, 2.24) is 4.31 Å². The predicted octanol–water partition coefficient (Wildman–Crippen LogP) is 3.72. The summed E-state index contributed by atoms with van der Waals surface area (Å²) >= 11 is 0. The Balaban J connectivity index is 1.94. The molecule has 0 aliphatic heterocycles. The number of benzene rings is 3. The van der Waals surface area contributed by atoms with E-state index in [0.29, 0.717) is 11.1 Å². The number of Topliss-reactive ketones (excluding diaryl/α,β-unsaturated/α-hetero) is 1. The number of rotatable bonds is 7. The first kappa shape index (κ1) is 21.4. The van der Waals surface area contributed by atoms with Crippen molar-refractivity contribution < 1.29 is 22.7 Å². The summed E-state index contributed by atoms with van der Waals surface area (Å²) in [6.45, 7) is 0. The van der Waals surface area contributed by atoms with Crippen LogP contribution in [0.4, 0.5) is 0 Å². The third-order valence-corrected chi connectivity index (χ3v) is 6.28. The number of carbonyl (C=O) groups excluding carboxylic acids is 2. The maximum Gasteiger partial charge on any atom is 0.339 e. The molecule has 0 radical (unpaired) electrons. The van der Waals surface area contributed by atoms with Crippen molar-refractivity contribution >= 4 is 21.8 Å². The van der Waals surface area contributed by atoms with Crippen LogP contribution in [0.3, 0.4) is 0 Å². The van der Waals surface area contributed by atoms with Gasteiger partial charge in [0.25, 0.3) is 0 Å². The molecule has 7 heteroatoms. The van der Waals surface area contributed by atoms with Crippen LogP contribution in [0, 0.1) is 0 Å². The molecule has 0 fully saturated rings. The summed E-state index contributed by atoms with van der Waals surface area (Å²) in [6, 6.07) is 22.8. The highest BCUT2D eigenvalue weighted by Crippen LogP contribution is 2.25. The summed E-state index contributed by atoms with van der Waals surface area (Å²) in [7, 11) is -0.900. The molecule has 3 rings (SSSR count). The topological polar surface area (TPSA) is 80.8 Å². The van der Waals surface area contributed by atoms with Gasteiger partial charge >= 0.3 is 5.97 Å². The summed E-state index contributed by atoms with van der Waals surface area (Å²) in [4.78, 5) is 25.8. The predicted molar refractivity (Wildman–Crippen MR) is 113 cm³/mol. The highest BCUT2D eigenvalue weighted by Gasteiger charge is 2.27. The molecule has 6 nitrogen and oxygen atoms in total. The largest absolute Gasteiger partial charge is 0.445 e. The first-order valence-electron chi connectivity index (χ1n) is 9.18. The van der Waals surface area contributed by atoms with Crippen molar-refractivity contribution in [2.75, 3.05) is 14.1 Å². The number of ketones is 1. The van der Waals surface area contributed by atoms with Crippen molar-refractivity contribution in [3.8, 4) is 0 Å². The standard InChI is InChI=1S/C23H21NO5S/c1-24(2)30(27,28)20-15-9-14-19(16-20)23(26)29-22(18-12-7-4-8-13-18)21(25)17-10-5-3-6-11-17/h3-16,22H,1-2H3/t22-/m1/s1. The smallest absolute Gasteiger partial charge is 0.339 e. The molecule has 0 heterocycles. The number of hydrogen-bond donors (Lipinski definition) is 0. The van der Waals surface area contributed by atoms with Gasteiger partial charge in [-0.3, -0.25) is 4.79 Å². The fourth-order valence-electron chi connectivity index (χ4n) is 2.82. The molecular weight excluding hydrogens is 402 g/mol. The number of ether oxygens (including phenoxy) is 1. The Labute approximate surface area is 175 Å². The number of carbonyl (C=O) groups is 2. The first-order chi connectivity index (χ1) is 14.3. The molecule has 154 valence electrons. The Morgan fingerprint density at radius 2 is 1.37 bits per heavy atom. The zero-order chi connectivity index (χ0) is 21.7. The summed E-state index contributed by atoms with van der Waals surface area (Å²) in [6.07, 6.45) is -1.16. The van der Waals surface area contributed by atoms with Gasteiger partial charge in [-0.25, -0.2) is 17.5 Å². The molecule has 1 atom stereocenters. The van der Waals surface area contributed by atoms with Crippen LogP contribution < -0.4 is 0 Å². The first-order valence-corrected chi connectivity index (χ1v) is 10.6. The van der Waals surface area contributed by atoms with Crippen molar-refractivity contribution in [3.05, 3.63) is 102 Å². The summed E-state index contributed by atoms with van der Waals surface area (Å²) < 4.78 is 31.4. The molecule has 0 saturated heterocycles. The maximum absolute atomic E-state index is 13.0. The third kappa shape index (κ3) is 4.64. The van der Waals surface area contributed by atoms with Crippen molar-refractivity contribution in [2.24, 2.45) is 0 Å². The molecule has 0 aliphatic rings. The van der Waals surface area contributed by atoms with E-state index in [4.69, 9.17) is 4.74 Å². The zero-order valence-corrected chi connectivity index (χ0v) is 17.4. The van der Waals surface area contributed by atoms with Gasteiger partial charge in [-0.05, 0) is 18.2 Å². The average Bonchev–Trinajstić information content (AvgIpc) is 2.78. The summed E-state index contributed by atoms with van der Waals surface area (Å²) in [5, 5.41) is 0. The van der Waals surface area contributed by atoms with E-state index in [1.807, 2.05) is 0 Å².